The van der Waals surface area contributed by atoms with E-state index in [4.69, 9.17) is 11.6 Å². The van der Waals surface area contributed by atoms with E-state index in [1.165, 1.54) is 6.42 Å². The van der Waals surface area contributed by atoms with E-state index in [0.717, 1.165) is 29.7 Å². The Kier molecular flexibility index (Phi) is 4.48. The SMILES string of the molecule is CSC1CCC(n2c(CCl)nc3cc(I)c(F)cc32)C1. The molecule has 3 rings (SSSR count). The van der Waals surface area contributed by atoms with Crippen LogP contribution in [-0.2, 0) is 5.88 Å². The molecule has 0 amide bonds. The van der Waals surface area contributed by atoms with Gasteiger partial charge in [0.25, 0.3) is 0 Å². The molecule has 0 spiro atoms. The van der Waals surface area contributed by atoms with Crippen LogP contribution in [0.25, 0.3) is 11.0 Å². The van der Waals surface area contributed by atoms with Crippen molar-refractivity contribution in [2.75, 3.05) is 6.26 Å². The molecule has 0 radical (unpaired) electrons. The second kappa shape index (κ2) is 6.01. The van der Waals surface area contributed by atoms with Crippen LogP contribution in [0.1, 0.15) is 31.1 Å². The maximum atomic E-state index is 13.9. The van der Waals surface area contributed by atoms with Gasteiger partial charge in [0.1, 0.15) is 11.6 Å². The number of aromatic nitrogens is 2. The molecular formula is C14H15ClFIN2S. The number of alkyl halides is 1. The highest BCUT2D eigenvalue weighted by atomic mass is 127. The van der Waals surface area contributed by atoms with Crippen LogP contribution in [0.15, 0.2) is 12.1 Å². The number of rotatable bonds is 3. The van der Waals surface area contributed by atoms with E-state index in [9.17, 15) is 4.39 Å². The second-order valence-corrected chi connectivity index (χ2v) is 7.68. The van der Waals surface area contributed by atoms with Crippen molar-refractivity contribution in [2.24, 2.45) is 0 Å². The Bertz CT molecular complexity index is 646. The highest BCUT2D eigenvalue weighted by Gasteiger charge is 2.28. The van der Waals surface area contributed by atoms with E-state index in [1.807, 2.05) is 34.4 Å². The molecule has 0 aliphatic heterocycles. The molecule has 1 fully saturated rings. The quantitative estimate of drug-likeness (QED) is 0.511. The summed E-state index contributed by atoms with van der Waals surface area (Å²) in [6, 6.07) is 3.80. The number of imidazole rings is 1. The average Bonchev–Trinajstić information content (AvgIpc) is 3.03. The number of hydrogen-bond donors (Lipinski definition) is 0. The van der Waals surface area contributed by atoms with Gasteiger partial charge >= 0.3 is 0 Å². The van der Waals surface area contributed by atoms with E-state index in [0.29, 0.717) is 20.7 Å². The molecule has 0 N–H and O–H groups in total. The molecular weight excluding hydrogens is 410 g/mol. The third-order valence-electron chi connectivity index (χ3n) is 3.98. The molecule has 2 aromatic rings. The molecule has 20 heavy (non-hydrogen) atoms. The van der Waals surface area contributed by atoms with Gasteiger partial charge in [-0.3, -0.25) is 0 Å². The molecule has 108 valence electrons. The highest BCUT2D eigenvalue weighted by molar-refractivity contribution is 14.1. The lowest BCUT2D eigenvalue weighted by atomic mass is 10.2. The fourth-order valence-electron chi connectivity index (χ4n) is 3.01. The summed E-state index contributed by atoms with van der Waals surface area (Å²) in [6.07, 6.45) is 5.60. The van der Waals surface area contributed by atoms with Crippen molar-refractivity contribution < 1.29 is 4.39 Å². The van der Waals surface area contributed by atoms with Gasteiger partial charge in [0, 0.05) is 17.4 Å². The Labute approximate surface area is 140 Å². The number of hydrogen-bond acceptors (Lipinski definition) is 2. The van der Waals surface area contributed by atoms with Crippen LogP contribution in [0.3, 0.4) is 0 Å². The summed E-state index contributed by atoms with van der Waals surface area (Å²) in [6.45, 7) is 0. The number of halogens is 3. The first-order valence-corrected chi connectivity index (χ1v) is 9.48. The summed E-state index contributed by atoms with van der Waals surface area (Å²) >= 11 is 9.97. The first-order valence-electron chi connectivity index (χ1n) is 6.58. The molecule has 1 aromatic heterocycles. The Hall–Kier alpha value is -0.0100. The molecule has 1 aliphatic carbocycles. The van der Waals surface area contributed by atoms with Crippen molar-refractivity contribution in [1.82, 2.24) is 9.55 Å². The molecule has 0 bridgehead atoms. The van der Waals surface area contributed by atoms with Crippen molar-refractivity contribution in [3.63, 3.8) is 0 Å². The van der Waals surface area contributed by atoms with Gasteiger partial charge in [-0.2, -0.15) is 11.8 Å². The lowest BCUT2D eigenvalue weighted by Crippen LogP contribution is -2.09. The molecule has 2 atom stereocenters. The summed E-state index contributed by atoms with van der Waals surface area (Å²) in [5.41, 5.74) is 1.73. The highest BCUT2D eigenvalue weighted by Crippen LogP contribution is 2.39. The molecule has 1 saturated carbocycles. The molecule has 2 unspecified atom stereocenters. The largest absolute Gasteiger partial charge is 0.324 e. The normalized spacial score (nSPS) is 22.8. The topological polar surface area (TPSA) is 17.8 Å². The van der Waals surface area contributed by atoms with Crippen LogP contribution >= 0.6 is 46.0 Å². The van der Waals surface area contributed by atoms with Gasteiger partial charge in [0.2, 0.25) is 0 Å². The number of thioether (sulfide) groups is 1. The second-order valence-electron chi connectivity index (χ2n) is 5.11. The van der Waals surface area contributed by atoms with Gasteiger partial charge < -0.3 is 4.57 Å². The maximum absolute atomic E-state index is 13.9. The molecule has 1 aromatic carbocycles. The summed E-state index contributed by atoms with van der Waals surface area (Å²) in [5.74, 6) is 1.04. The fraction of sp³-hybridized carbons (Fsp3) is 0.500. The Balaban J connectivity index is 2.11. The van der Waals surface area contributed by atoms with Crippen molar-refractivity contribution in [3.8, 4) is 0 Å². The van der Waals surface area contributed by atoms with Gasteiger partial charge in [-0.1, -0.05) is 0 Å². The molecule has 6 heteroatoms. The third kappa shape index (κ3) is 2.57. The van der Waals surface area contributed by atoms with Crippen LogP contribution in [0, 0.1) is 9.39 Å². The zero-order valence-corrected chi connectivity index (χ0v) is 14.8. The van der Waals surface area contributed by atoms with Gasteiger partial charge in [-0.15, -0.1) is 11.6 Å². The van der Waals surface area contributed by atoms with Crippen LogP contribution in [0.2, 0.25) is 0 Å². The molecule has 1 heterocycles. The van der Waals surface area contributed by atoms with E-state index < -0.39 is 0 Å². The summed E-state index contributed by atoms with van der Waals surface area (Å²) in [4.78, 5) is 4.58. The lowest BCUT2D eigenvalue weighted by Gasteiger charge is -2.16. The lowest BCUT2D eigenvalue weighted by molar-refractivity contribution is 0.518. The standard InChI is InChI=1S/C14H15ClFIN2S/c1-20-9-3-2-8(4-9)19-13-5-10(16)11(17)6-12(13)18-14(19)7-15/h5-6,8-9H,2-4,7H2,1H3. The smallest absolute Gasteiger partial charge is 0.138 e. The van der Waals surface area contributed by atoms with Gasteiger partial charge in [0.05, 0.1) is 20.5 Å². The van der Waals surface area contributed by atoms with E-state index in [-0.39, 0.29) is 5.82 Å². The van der Waals surface area contributed by atoms with Crippen molar-refractivity contribution in [2.45, 2.75) is 36.4 Å². The molecule has 1 aliphatic rings. The van der Waals surface area contributed by atoms with Crippen LogP contribution in [-0.4, -0.2) is 21.1 Å². The molecule has 2 nitrogen and oxygen atoms in total. The van der Waals surface area contributed by atoms with E-state index in [1.54, 1.807) is 12.1 Å². The Morgan fingerprint density at radius 1 is 1.50 bits per heavy atom. The Morgan fingerprint density at radius 2 is 2.30 bits per heavy atom. The summed E-state index contributed by atoms with van der Waals surface area (Å²) < 4.78 is 16.7. The van der Waals surface area contributed by atoms with Crippen molar-refractivity contribution in [1.29, 1.82) is 0 Å². The maximum Gasteiger partial charge on any atom is 0.138 e. The number of fused-ring (bicyclic) bond motifs is 1. The summed E-state index contributed by atoms with van der Waals surface area (Å²) in [7, 11) is 0. The summed E-state index contributed by atoms with van der Waals surface area (Å²) in [5, 5.41) is 0.689. The first kappa shape index (κ1) is 14.9. The van der Waals surface area contributed by atoms with Crippen molar-refractivity contribution in [3.05, 3.63) is 27.3 Å². The number of benzene rings is 1. The predicted octanol–water partition coefficient (Wildman–Crippen LogP) is 4.98. The van der Waals surface area contributed by atoms with Gasteiger partial charge in [-0.05, 0) is 54.2 Å². The third-order valence-corrected chi connectivity index (χ3v) is 6.14. The van der Waals surface area contributed by atoms with Crippen LogP contribution in [0.4, 0.5) is 4.39 Å². The van der Waals surface area contributed by atoms with E-state index in [2.05, 4.69) is 15.8 Å². The van der Waals surface area contributed by atoms with Crippen molar-refractivity contribution >= 4 is 57.0 Å². The first-order chi connectivity index (χ1) is 9.63. The average molecular weight is 425 g/mol. The Morgan fingerprint density at radius 3 is 2.95 bits per heavy atom. The van der Waals surface area contributed by atoms with Crippen LogP contribution in [0.5, 0.6) is 0 Å². The monoisotopic (exact) mass is 424 g/mol. The fourth-order valence-corrected chi connectivity index (χ4v) is 4.43. The number of nitrogens with zero attached hydrogens (tertiary/aromatic N) is 2. The minimum atomic E-state index is -0.181. The predicted molar refractivity (Wildman–Crippen MR) is 92.2 cm³/mol. The van der Waals surface area contributed by atoms with Gasteiger partial charge in [0.15, 0.2) is 0 Å². The molecule has 0 saturated heterocycles. The minimum absolute atomic E-state index is 0.181. The van der Waals surface area contributed by atoms with Gasteiger partial charge in [-0.25, -0.2) is 9.37 Å². The van der Waals surface area contributed by atoms with E-state index >= 15 is 0 Å². The van der Waals surface area contributed by atoms with Crippen LogP contribution < -0.4 is 0 Å². The minimum Gasteiger partial charge on any atom is -0.324 e. The zero-order valence-electron chi connectivity index (χ0n) is 11.1. The zero-order chi connectivity index (χ0) is 14.3.